The third-order valence-electron chi connectivity index (χ3n) is 4.74. The molecule has 0 bridgehead atoms. The minimum Gasteiger partial charge on any atom is -0.367 e. The summed E-state index contributed by atoms with van der Waals surface area (Å²) in [5.41, 5.74) is 0.823. The van der Waals surface area contributed by atoms with Gasteiger partial charge < -0.3 is 14.5 Å². The quantitative estimate of drug-likeness (QED) is 0.852. The van der Waals surface area contributed by atoms with E-state index in [0.29, 0.717) is 6.54 Å². The largest absolute Gasteiger partial charge is 0.367 e. The Morgan fingerprint density at radius 1 is 1.32 bits per heavy atom. The molecule has 0 saturated carbocycles. The first kappa shape index (κ1) is 15.0. The first-order valence-corrected chi connectivity index (χ1v) is 7.82. The SMILES string of the molecule is CO[C@@H](C(=O)N1C[C@@H]2CCCN2C(=O)[C@@H]1C)c1ccccc1. The summed E-state index contributed by atoms with van der Waals surface area (Å²) in [7, 11) is 1.54. The Labute approximate surface area is 130 Å². The minimum absolute atomic E-state index is 0.0602. The normalized spacial score (nSPS) is 26.0. The smallest absolute Gasteiger partial charge is 0.257 e. The molecule has 3 rings (SSSR count). The Kier molecular flexibility index (Phi) is 4.16. The monoisotopic (exact) mass is 302 g/mol. The number of piperazine rings is 1. The molecule has 0 N–H and O–H groups in total. The van der Waals surface area contributed by atoms with Gasteiger partial charge in [0.1, 0.15) is 6.04 Å². The highest BCUT2D eigenvalue weighted by molar-refractivity contribution is 5.91. The second-order valence-electron chi connectivity index (χ2n) is 6.02. The van der Waals surface area contributed by atoms with Crippen LogP contribution in [0.2, 0.25) is 0 Å². The zero-order valence-corrected chi connectivity index (χ0v) is 13.1. The van der Waals surface area contributed by atoms with Crippen molar-refractivity contribution >= 4 is 11.8 Å². The molecule has 0 radical (unpaired) electrons. The molecular weight excluding hydrogens is 280 g/mol. The molecule has 2 saturated heterocycles. The number of fused-ring (bicyclic) bond motifs is 1. The molecule has 0 spiro atoms. The number of rotatable bonds is 3. The number of hydrogen-bond donors (Lipinski definition) is 0. The number of ether oxygens (including phenoxy) is 1. The van der Waals surface area contributed by atoms with Gasteiger partial charge >= 0.3 is 0 Å². The van der Waals surface area contributed by atoms with Crippen LogP contribution in [0.15, 0.2) is 30.3 Å². The topological polar surface area (TPSA) is 49.9 Å². The predicted octanol–water partition coefficient (Wildman–Crippen LogP) is 1.60. The second-order valence-corrected chi connectivity index (χ2v) is 6.02. The lowest BCUT2D eigenvalue weighted by Crippen LogP contribution is -2.60. The van der Waals surface area contributed by atoms with Crippen molar-refractivity contribution in [3.63, 3.8) is 0 Å². The number of carbonyl (C=O) groups excluding carboxylic acids is 2. The lowest BCUT2D eigenvalue weighted by molar-refractivity contribution is -0.158. The highest BCUT2D eigenvalue weighted by Gasteiger charge is 2.43. The summed E-state index contributed by atoms with van der Waals surface area (Å²) in [6, 6.07) is 9.19. The van der Waals surface area contributed by atoms with Crippen LogP contribution >= 0.6 is 0 Å². The Morgan fingerprint density at radius 2 is 2.05 bits per heavy atom. The molecule has 0 unspecified atom stereocenters. The van der Waals surface area contributed by atoms with Gasteiger partial charge in [-0.25, -0.2) is 0 Å². The van der Waals surface area contributed by atoms with E-state index in [2.05, 4.69) is 0 Å². The molecule has 118 valence electrons. The van der Waals surface area contributed by atoms with Crippen molar-refractivity contribution in [1.82, 2.24) is 9.80 Å². The summed E-state index contributed by atoms with van der Waals surface area (Å²) < 4.78 is 5.43. The fraction of sp³-hybridized carbons (Fsp3) is 0.529. The molecule has 2 fully saturated rings. The van der Waals surface area contributed by atoms with Gasteiger partial charge in [-0.1, -0.05) is 30.3 Å². The van der Waals surface area contributed by atoms with Crippen LogP contribution in [0, 0.1) is 0 Å². The van der Waals surface area contributed by atoms with E-state index in [1.54, 1.807) is 4.90 Å². The summed E-state index contributed by atoms with van der Waals surface area (Å²) in [6.07, 6.45) is 1.35. The number of benzene rings is 1. The van der Waals surface area contributed by atoms with Gasteiger partial charge in [0.15, 0.2) is 6.10 Å². The first-order chi connectivity index (χ1) is 10.6. The number of amides is 2. The highest BCUT2D eigenvalue weighted by Crippen LogP contribution is 2.28. The van der Waals surface area contributed by atoms with E-state index < -0.39 is 12.1 Å². The molecule has 5 heteroatoms. The van der Waals surface area contributed by atoms with Crippen molar-refractivity contribution in [1.29, 1.82) is 0 Å². The Morgan fingerprint density at radius 3 is 2.73 bits per heavy atom. The van der Waals surface area contributed by atoms with Crippen LogP contribution in [0.1, 0.15) is 31.4 Å². The lowest BCUT2D eigenvalue weighted by Gasteiger charge is -2.42. The van der Waals surface area contributed by atoms with Crippen molar-refractivity contribution in [2.24, 2.45) is 0 Å². The molecule has 2 aliphatic heterocycles. The summed E-state index contributed by atoms with van der Waals surface area (Å²) >= 11 is 0. The molecule has 1 aromatic carbocycles. The number of hydrogen-bond acceptors (Lipinski definition) is 3. The summed E-state index contributed by atoms with van der Waals surface area (Å²) in [5.74, 6) is -0.0638. The molecule has 3 atom stereocenters. The second kappa shape index (κ2) is 6.08. The zero-order valence-electron chi connectivity index (χ0n) is 13.1. The summed E-state index contributed by atoms with van der Waals surface area (Å²) in [4.78, 5) is 29.0. The van der Waals surface area contributed by atoms with Gasteiger partial charge in [0.05, 0.1) is 0 Å². The molecule has 2 amide bonds. The number of carbonyl (C=O) groups is 2. The average molecular weight is 302 g/mol. The fourth-order valence-electron chi connectivity index (χ4n) is 3.51. The van der Waals surface area contributed by atoms with Crippen LogP contribution in [0.3, 0.4) is 0 Å². The lowest BCUT2D eigenvalue weighted by atomic mass is 10.0. The van der Waals surface area contributed by atoms with Crippen LogP contribution in [-0.4, -0.2) is 53.9 Å². The predicted molar refractivity (Wildman–Crippen MR) is 82.1 cm³/mol. The molecule has 1 aromatic rings. The Balaban J connectivity index is 1.82. The highest BCUT2D eigenvalue weighted by atomic mass is 16.5. The van der Waals surface area contributed by atoms with Crippen molar-refractivity contribution in [2.45, 2.75) is 38.0 Å². The molecule has 0 aromatic heterocycles. The fourth-order valence-corrected chi connectivity index (χ4v) is 3.51. The van der Waals surface area contributed by atoms with Crippen LogP contribution < -0.4 is 0 Å². The molecular formula is C17H22N2O3. The van der Waals surface area contributed by atoms with Crippen LogP contribution in [0.4, 0.5) is 0 Å². The van der Waals surface area contributed by atoms with Crippen molar-refractivity contribution < 1.29 is 14.3 Å². The Hall–Kier alpha value is -1.88. The molecule has 0 aliphatic carbocycles. The molecule has 2 aliphatic rings. The number of nitrogens with zero attached hydrogens (tertiary/aromatic N) is 2. The average Bonchev–Trinajstić information content (AvgIpc) is 3.01. The standard InChI is InChI=1S/C17H22N2O3/c1-12-16(20)18-10-6-9-14(18)11-19(12)17(21)15(22-2)13-7-4-3-5-8-13/h3-5,7-8,12,14-15H,6,9-11H2,1-2H3/t12-,14-,15+/m0/s1. The van der Waals surface area contributed by atoms with E-state index in [1.165, 1.54) is 7.11 Å². The first-order valence-electron chi connectivity index (χ1n) is 7.82. The van der Waals surface area contributed by atoms with E-state index in [4.69, 9.17) is 4.74 Å². The van der Waals surface area contributed by atoms with Gasteiger partial charge in [0.25, 0.3) is 5.91 Å². The van der Waals surface area contributed by atoms with Gasteiger partial charge in [-0.05, 0) is 25.3 Å². The van der Waals surface area contributed by atoms with Gasteiger partial charge in [-0.15, -0.1) is 0 Å². The molecule has 2 heterocycles. The maximum absolute atomic E-state index is 12.9. The zero-order chi connectivity index (χ0) is 15.7. The molecule has 22 heavy (non-hydrogen) atoms. The van der Waals surface area contributed by atoms with E-state index in [9.17, 15) is 9.59 Å². The van der Waals surface area contributed by atoms with Crippen LogP contribution in [-0.2, 0) is 14.3 Å². The Bertz CT molecular complexity index is 560. The van der Waals surface area contributed by atoms with Gasteiger partial charge in [0.2, 0.25) is 5.91 Å². The van der Waals surface area contributed by atoms with Gasteiger partial charge in [0, 0.05) is 26.2 Å². The van der Waals surface area contributed by atoms with E-state index in [-0.39, 0.29) is 17.9 Å². The van der Waals surface area contributed by atoms with E-state index in [1.807, 2.05) is 42.2 Å². The van der Waals surface area contributed by atoms with Crippen molar-refractivity contribution in [3.05, 3.63) is 35.9 Å². The van der Waals surface area contributed by atoms with Crippen LogP contribution in [0.5, 0.6) is 0 Å². The summed E-state index contributed by atoms with van der Waals surface area (Å²) in [5, 5.41) is 0. The third-order valence-corrected chi connectivity index (χ3v) is 4.74. The van der Waals surface area contributed by atoms with E-state index >= 15 is 0 Å². The van der Waals surface area contributed by atoms with Crippen molar-refractivity contribution in [3.8, 4) is 0 Å². The summed E-state index contributed by atoms with van der Waals surface area (Å²) in [6.45, 7) is 3.24. The third kappa shape index (κ3) is 2.50. The number of methoxy groups -OCH3 is 1. The maximum atomic E-state index is 12.9. The van der Waals surface area contributed by atoms with Gasteiger partial charge in [-0.3, -0.25) is 9.59 Å². The maximum Gasteiger partial charge on any atom is 0.257 e. The van der Waals surface area contributed by atoms with Gasteiger partial charge in [-0.2, -0.15) is 0 Å². The van der Waals surface area contributed by atoms with Crippen molar-refractivity contribution in [2.75, 3.05) is 20.2 Å². The van der Waals surface area contributed by atoms with E-state index in [0.717, 1.165) is 24.9 Å². The molecule has 5 nitrogen and oxygen atoms in total. The van der Waals surface area contributed by atoms with Crippen LogP contribution in [0.25, 0.3) is 0 Å². The minimum atomic E-state index is -0.649.